The molecule has 3 nitrogen and oxygen atoms in total. The lowest BCUT2D eigenvalue weighted by atomic mass is 9.49. The maximum atomic E-state index is 9.15. The number of hydrogen-bond donors (Lipinski definition) is 1. The first-order valence-electron chi connectivity index (χ1n) is 10.4. The van der Waals surface area contributed by atoms with Gasteiger partial charge in [0.15, 0.2) is 0 Å². The van der Waals surface area contributed by atoms with E-state index in [2.05, 4.69) is 30.3 Å². The van der Waals surface area contributed by atoms with Crippen molar-refractivity contribution in [2.75, 3.05) is 6.61 Å². The normalized spacial score (nSPS) is 57.0. The van der Waals surface area contributed by atoms with E-state index in [-0.39, 0.29) is 5.60 Å². The summed E-state index contributed by atoms with van der Waals surface area (Å²) in [5, 5.41) is 12.6. The second-order valence-electron chi connectivity index (χ2n) is 9.82. The lowest BCUT2D eigenvalue weighted by Gasteiger charge is -2.57. The summed E-state index contributed by atoms with van der Waals surface area (Å²) in [6, 6.07) is 0. The molecule has 6 aliphatic rings. The quantitative estimate of drug-likeness (QED) is 0.399. The minimum absolute atomic E-state index is 0.0761. The van der Waals surface area contributed by atoms with Gasteiger partial charge in [0.25, 0.3) is 0 Å². The third-order valence-electron chi connectivity index (χ3n) is 9.22. The molecule has 0 bridgehead atoms. The zero-order valence-corrected chi connectivity index (χ0v) is 15.2. The molecule has 6 rings (SSSR count). The van der Waals surface area contributed by atoms with Gasteiger partial charge in [-0.1, -0.05) is 29.8 Å². The second kappa shape index (κ2) is 4.79. The van der Waals surface area contributed by atoms with Crippen molar-refractivity contribution in [2.24, 2.45) is 46.1 Å². The van der Waals surface area contributed by atoms with E-state index in [1.165, 1.54) is 38.5 Å². The Bertz CT molecular complexity index is 709. The van der Waals surface area contributed by atoms with Crippen molar-refractivity contribution >= 4 is 5.71 Å². The first-order chi connectivity index (χ1) is 12.2. The third kappa shape index (κ3) is 1.69. The summed E-state index contributed by atoms with van der Waals surface area (Å²) in [6.07, 6.45) is 15.8. The number of ether oxygens (including phenoxy) is 1. The van der Waals surface area contributed by atoms with Crippen LogP contribution in [0.15, 0.2) is 29.0 Å². The predicted octanol–water partition coefficient (Wildman–Crippen LogP) is 4.57. The van der Waals surface area contributed by atoms with Crippen molar-refractivity contribution < 1.29 is 9.94 Å². The van der Waals surface area contributed by atoms with Crippen LogP contribution >= 0.6 is 0 Å². The fourth-order valence-corrected chi connectivity index (χ4v) is 8.34. The van der Waals surface area contributed by atoms with Crippen molar-refractivity contribution in [3.8, 4) is 0 Å². The summed E-state index contributed by atoms with van der Waals surface area (Å²) >= 11 is 0. The van der Waals surface area contributed by atoms with Crippen LogP contribution in [0.4, 0.5) is 0 Å². The predicted molar refractivity (Wildman–Crippen MR) is 96.5 cm³/mol. The van der Waals surface area contributed by atoms with E-state index in [0.717, 1.165) is 54.2 Å². The fraction of sp³-hybridized carbons (Fsp3) is 0.773. The van der Waals surface area contributed by atoms with Crippen molar-refractivity contribution in [3.63, 3.8) is 0 Å². The van der Waals surface area contributed by atoms with Crippen LogP contribution in [-0.4, -0.2) is 23.1 Å². The first-order valence-corrected chi connectivity index (χ1v) is 10.4. The SMILES string of the molecule is C[C@]12CCC3C(CCC4=CC(=NO)CC[C@@H]43)C1C1CC1[C@@]21C=CCO1. The highest BCUT2D eigenvalue weighted by Crippen LogP contribution is 2.77. The Labute approximate surface area is 150 Å². The van der Waals surface area contributed by atoms with Crippen LogP contribution < -0.4 is 0 Å². The van der Waals surface area contributed by atoms with E-state index >= 15 is 0 Å². The molecule has 8 atom stereocenters. The van der Waals surface area contributed by atoms with Gasteiger partial charge in [-0.05, 0) is 86.5 Å². The van der Waals surface area contributed by atoms with Gasteiger partial charge >= 0.3 is 0 Å². The van der Waals surface area contributed by atoms with Gasteiger partial charge in [0.2, 0.25) is 0 Å². The lowest BCUT2D eigenvalue weighted by molar-refractivity contribution is -0.130. The molecular formula is C22H29NO2. The molecule has 0 aromatic rings. The molecule has 134 valence electrons. The summed E-state index contributed by atoms with van der Waals surface area (Å²) in [5.41, 5.74) is 2.92. The Morgan fingerprint density at radius 3 is 2.88 bits per heavy atom. The van der Waals surface area contributed by atoms with Crippen LogP contribution in [0.25, 0.3) is 0 Å². The van der Waals surface area contributed by atoms with Crippen LogP contribution in [0.1, 0.15) is 51.9 Å². The Balaban J connectivity index is 1.36. The van der Waals surface area contributed by atoms with E-state index in [9.17, 15) is 0 Å². The van der Waals surface area contributed by atoms with Crippen LogP contribution in [0.3, 0.4) is 0 Å². The molecule has 4 fully saturated rings. The first kappa shape index (κ1) is 15.0. The molecule has 3 heteroatoms. The summed E-state index contributed by atoms with van der Waals surface area (Å²) < 4.78 is 6.48. The van der Waals surface area contributed by atoms with Crippen molar-refractivity contribution in [1.29, 1.82) is 0 Å². The van der Waals surface area contributed by atoms with Gasteiger partial charge in [0.05, 0.1) is 17.9 Å². The largest absolute Gasteiger partial charge is 0.411 e. The summed E-state index contributed by atoms with van der Waals surface area (Å²) in [7, 11) is 0. The van der Waals surface area contributed by atoms with Gasteiger partial charge in [-0.2, -0.15) is 0 Å². The molecule has 0 radical (unpaired) electrons. The second-order valence-corrected chi connectivity index (χ2v) is 9.82. The van der Waals surface area contributed by atoms with Crippen LogP contribution in [-0.2, 0) is 4.74 Å². The smallest absolute Gasteiger partial charge is 0.0954 e. The monoisotopic (exact) mass is 339 g/mol. The molecule has 0 aromatic carbocycles. The molecule has 1 aliphatic heterocycles. The number of oxime groups is 1. The molecule has 5 unspecified atom stereocenters. The van der Waals surface area contributed by atoms with E-state index in [4.69, 9.17) is 9.94 Å². The average molecular weight is 339 g/mol. The molecule has 1 spiro atoms. The Kier molecular flexibility index (Phi) is 2.88. The van der Waals surface area contributed by atoms with Gasteiger partial charge in [-0.15, -0.1) is 0 Å². The highest BCUT2D eigenvalue weighted by atomic mass is 16.5. The molecule has 5 aliphatic carbocycles. The zero-order valence-electron chi connectivity index (χ0n) is 15.2. The third-order valence-corrected chi connectivity index (χ3v) is 9.22. The Morgan fingerprint density at radius 2 is 2.08 bits per heavy atom. The van der Waals surface area contributed by atoms with E-state index in [1.807, 2.05) is 0 Å². The van der Waals surface area contributed by atoms with E-state index < -0.39 is 0 Å². The Hall–Kier alpha value is -1.09. The van der Waals surface area contributed by atoms with Crippen molar-refractivity contribution in [2.45, 2.75) is 57.5 Å². The molecule has 0 amide bonds. The Morgan fingerprint density at radius 1 is 1.16 bits per heavy atom. The molecule has 0 aromatic heterocycles. The van der Waals surface area contributed by atoms with E-state index in [0.29, 0.717) is 5.41 Å². The van der Waals surface area contributed by atoms with Gasteiger partial charge < -0.3 is 9.94 Å². The summed E-state index contributed by atoms with van der Waals surface area (Å²) in [4.78, 5) is 0. The fourth-order valence-electron chi connectivity index (χ4n) is 8.34. The van der Waals surface area contributed by atoms with Gasteiger partial charge in [0, 0.05) is 5.41 Å². The van der Waals surface area contributed by atoms with E-state index in [1.54, 1.807) is 5.57 Å². The summed E-state index contributed by atoms with van der Waals surface area (Å²) in [5.74, 6) is 5.09. The standard InChI is InChI=1S/C22H29NO2/c1-21-9-7-16-15-6-4-14(23-24)11-13(15)3-5-17(16)20(21)18-12-19(18)22(21)8-2-10-25-22/h2,8,11,15-20,24H,3-7,9-10,12H2,1H3/t15-,16?,17?,18?,19?,20?,21-,22-/m0/s1. The molecule has 1 heterocycles. The molecule has 1 N–H and O–H groups in total. The molecule has 4 saturated carbocycles. The zero-order chi connectivity index (χ0) is 16.8. The number of rotatable bonds is 0. The maximum Gasteiger partial charge on any atom is 0.0954 e. The molecule has 0 saturated heterocycles. The number of fused-ring (bicyclic) bond motifs is 9. The minimum atomic E-state index is 0.0761. The van der Waals surface area contributed by atoms with Crippen LogP contribution in [0, 0.1) is 40.9 Å². The lowest BCUT2D eigenvalue weighted by Crippen LogP contribution is -2.54. The van der Waals surface area contributed by atoms with Gasteiger partial charge in [0.1, 0.15) is 0 Å². The average Bonchev–Trinajstić information content (AvgIpc) is 3.20. The molecule has 25 heavy (non-hydrogen) atoms. The van der Waals surface area contributed by atoms with Crippen LogP contribution in [0.2, 0.25) is 0 Å². The van der Waals surface area contributed by atoms with Gasteiger partial charge in [-0.25, -0.2) is 0 Å². The number of allylic oxidation sites excluding steroid dienone is 2. The number of hydrogen-bond acceptors (Lipinski definition) is 3. The highest BCUT2D eigenvalue weighted by molar-refractivity contribution is 5.96. The maximum absolute atomic E-state index is 9.15. The van der Waals surface area contributed by atoms with Crippen LogP contribution in [0.5, 0.6) is 0 Å². The summed E-state index contributed by atoms with van der Waals surface area (Å²) in [6.45, 7) is 3.40. The van der Waals surface area contributed by atoms with Crippen molar-refractivity contribution in [1.82, 2.24) is 0 Å². The van der Waals surface area contributed by atoms with Crippen molar-refractivity contribution in [3.05, 3.63) is 23.8 Å². The number of nitrogens with zero attached hydrogens (tertiary/aromatic N) is 1. The topological polar surface area (TPSA) is 41.8 Å². The molecular weight excluding hydrogens is 310 g/mol. The highest BCUT2D eigenvalue weighted by Gasteiger charge is 2.76. The minimum Gasteiger partial charge on any atom is -0.411 e. The van der Waals surface area contributed by atoms with Gasteiger partial charge in [-0.3, -0.25) is 0 Å².